The number of hydrogen-bond donors (Lipinski definition) is 0. The van der Waals surface area contributed by atoms with Gasteiger partial charge in [-0.15, -0.1) is 0 Å². The zero-order valence-electron chi connectivity index (χ0n) is 19.0. The maximum atomic E-state index is 13.1. The highest BCUT2D eigenvalue weighted by Crippen LogP contribution is 2.39. The second kappa shape index (κ2) is 8.70. The van der Waals surface area contributed by atoms with Gasteiger partial charge in [-0.3, -0.25) is 4.79 Å². The molecule has 1 saturated heterocycles. The molecular weight excluding hydrogens is 428 g/mol. The lowest BCUT2D eigenvalue weighted by Crippen LogP contribution is -2.39. The third kappa shape index (κ3) is 4.72. The Morgan fingerprint density at radius 3 is 2.72 bits per heavy atom. The van der Waals surface area contributed by atoms with E-state index in [4.69, 9.17) is 16.3 Å². The predicted octanol–water partition coefficient (Wildman–Crippen LogP) is 4.71. The van der Waals surface area contributed by atoms with Gasteiger partial charge in [0.05, 0.1) is 6.04 Å². The van der Waals surface area contributed by atoms with Crippen LogP contribution in [0.25, 0.3) is 0 Å². The second-order valence-corrected chi connectivity index (χ2v) is 9.87. The number of halogens is 1. The SMILES string of the molecule is Cc1nccc(C(=O)N2CCc3cc(Cl)cc([C@@H]4CCCN4C(=O)OC(C)(C)C)c3C2)n1. The average Bonchev–Trinajstić information content (AvgIpc) is 3.21. The third-order valence-electron chi connectivity index (χ3n) is 5.86. The molecule has 0 saturated carbocycles. The molecule has 0 N–H and O–H groups in total. The van der Waals surface area contributed by atoms with Crippen LogP contribution in [0.2, 0.25) is 5.02 Å². The minimum absolute atomic E-state index is 0.113. The maximum Gasteiger partial charge on any atom is 0.410 e. The van der Waals surface area contributed by atoms with E-state index >= 15 is 0 Å². The topological polar surface area (TPSA) is 75.6 Å². The third-order valence-corrected chi connectivity index (χ3v) is 6.08. The monoisotopic (exact) mass is 456 g/mol. The standard InChI is InChI=1S/C24H29ClN4O3/c1-15-26-9-7-20(27-15)22(30)28-11-8-16-12-17(25)13-18(19(16)14-28)21-6-5-10-29(21)23(31)32-24(2,3)4/h7,9,12-13,21H,5-6,8,10-11,14H2,1-4H3/t21-/m0/s1. The molecule has 0 aliphatic carbocycles. The molecule has 32 heavy (non-hydrogen) atoms. The summed E-state index contributed by atoms with van der Waals surface area (Å²) in [6, 6.07) is 5.45. The van der Waals surface area contributed by atoms with Gasteiger partial charge in [0.2, 0.25) is 0 Å². The summed E-state index contributed by atoms with van der Waals surface area (Å²) in [5, 5.41) is 0.654. The lowest BCUT2D eigenvalue weighted by molar-refractivity contribution is 0.0222. The highest BCUT2D eigenvalue weighted by Gasteiger charge is 2.36. The lowest BCUT2D eigenvalue weighted by atomic mass is 9.90. The Morgan fingerprint density at radius 2 is 2.00 bits per heavy atom. The van der Waals surface area contributed by atoms with E-state index in [1.807, 2.05) is 37.8 Å². The fourth-order valence-electron chi connectivity index (χ4n) is 4.49. The highest BCUT2D eigenvalue weighted by molar-refractivity contribution is 6.30. The summed E-state index contributed by atoms with van der Waals surface area (Å²) in [7, 11) is 0. The highest BCUT2D eigenvalue weighted by atomic mass is 35.5. The van der Waals surface area contributed by atoms with Gasteiger partial charge in [0.1, 0.15) is 17.1 Å². The number of rotatable bonds is 2. The summed E-state index contributed by atoms with van der Waals surface area (Å²) < 4.78 is 5.65. The van der Waals surface area contributed by atoms with E-state index in [9.17, 15) is 9.59 Å². The second-order valence-electron chi connectivity index (χ2n) is 9.43. The van der Waals surface area contributed by atoms with Crippen LogP contribution in [0.1, 0.15) is 72.7 Å². The van der Waals surface area contributed by atoms with Crippen LogP contribution in [-0.4, -0.2) is 50.5 Å². The van der Waals surface area contributed by atoms with Gasteiger partial charge in [0.25, 0.3) is 5.91 Å². The molecule has 3 heterocycles. The van der Waals surface area contributed by atoms with E-state index in [2.05, 4.69) is 9.97 Å². The molecule has 1 aromatic heterocycles. The molecule has 7 nitrogen and oxygen atoms in total. The zero-order valence-corrected chi connectivity index (χ0v) is 19.8. The molecule has 2 aliphatic rings. The molecule has 2 amide bonds. The van der Waals surface area contributed by atoms with Crippen molar-refractivity contribution in [3.63, 3.8) is 0 Å². The lowest BCUT2D eigenvalue weighted by Gasteiger charge is -2.34. The van der Waals surface area contributed by atoms with E-state index < -0.39 is 5.60 Å². The van der Waals surface area contributed by atoms with Crippen LogP contribution in [0.5, 0.6) is 0 Å². The predicted molar refractivity (Wildman–Crippen MR) is 122 cm³/mol. The Hall–Kier alpha value is -2.67. The van der Waals surface area contributed by atoms with Crippen molar-refractivity contribution in [3.8, 4) is 0 Å². The fraction of sp³-hybridized carbons (Fsp3) is 0.500. The Bertz CT molecular complexity index is 1050. The minimum atomic E-state index is -0.559. The molecule has 170 valence electrons. The number of fused-ring (bicyclic) bond motifs is 1. The number of benzene rings is 1. The van der Waals surface area contributed by atoms with Crippen LogP contribution >= 0.6 is 11.6 Å². The van der Waals surface area contributed by atoms with Gasteiger partial charge in [-0.2, -0.15) is 0 Å². The summed E-state index contributed by atoms with van der Waals surface area (Å²) in [5.74, 6) is 0.456. The van der Waals surface area contributed by atoms with Gasteiger partial charge in [-0.1, -0.05) is 11.6 Å². The number of likely N-dealkylation sites (tertiary alicyclic amines) is 1. The number of hydrogen-bond acceptors (Lipinski definition) is 5. The van der Waals surface area contributed by atoms with E-state index in [1.165, 1.54) is 0 Å². The first-order valence-corrected chi connectivity index (χ1v) is 11.4. The van der Waals surface area contributed by atoms with Crippen molar-refractivity contribution in [1.82, 2.24) is 19.8 Å². The summed E-state index contributed by atoms with van der Waals surface area (Å²) in [5.41, 5.74) is 3.04. The number of carbonyl (C=O) groups is 2. The number of carbonyl (C=O) groups excluding carboxylic acids is 2. The average molecular weight is 457 g/mol. The van der Waals surface area contributed by atoms with Crippen LogP contribution < -0.4 is 0 Å². The zero-order chi connectivity index (χ0) is 23.0. The molecular formula is C24H29ClN4O3. The smallest absolute Gasteiger partial charge is 0.410 e. The Labute approximate surface area is 193 Å². The number of amides is 2. The molecule has 1 atom stereocenters. The molecule has 2 aliphatic heterocycles. The van der Waals surface area contributed by atoms with Crippen LogP contribution in [0.3, 0.4) is 0 Å². The minimum Gasteiger partial charge on any atom is -0.444 e. The number of nitrogens with zero attached hydrogens (tertiary/aromatic N) is 4. The summed E-state index contributed by atoms with van der Waals surface area (Å²) in [6.07, 6.45) is 3.74. The van der Waals surface area contributed by atoms with E-state index in [-0.39, 0.29) is 18.0 Å². The molecule has 0 radical (unpaired) electrons. The molecule has 1 aromatic carbocycles. The maximum absolute atomic E-state index is 13.1. The molecule has 8 heteroatoms. The Balaban J connectivity index is 1.64. The molecule has 1 fully saturated rings. The summed E-state index contributed by atoms with van der Waals surface area (Å²) in [6.45, 7) is 9.08. The molecule has 0 unspecified atom stereocenters. The molecule has 4 rings (SSSR count). The fourth-order valence-corrected chi connectivity index (χ4v) is 4.74. The van der Waals surface area contributed by atoms with Gasteiger partial charge >= 0.3 is 6.09 Å². The van der Waals surface area contributed by atoms with Crippen LogP contribution in [0.15, 0.2) is 24.4 Å². The van der Waals surface area contributed by atoms with Crippen molar-refractivity contribution < 1.29 is 14.3 Å². The first kappa shape index (κ1) is 22.5. The molecule has 2 aromatic rings. The van der Waals surface area contributed by atoms with Gasteiger partial charge < -0.3 is 14.5 Å². The summed E-state index contributed by atoms with van der Waals surface area (Å²) >= 11 is 6.47. The largest absolute Gasteiger partial charge is 0.444 e. The normalized spacial score (nSPS) is 18.5. The Morgan fingerprint density at radius 1 is 1.22 bits per heavy atom. The van der Waals surface area contributed by atoms with Gasteiger partial charge in [-0.25, -0.2) is 14.8 Å². The van der Waals surface area contributed by atoms with Crippen LogP contribution in [-0.2, 0) is 17.7 Å². The van der Waals surface area contributed by atoms with Gasteiger partial charge in [-0.05, 0) is 81.8 Å². The number of ether oxygens (including phenoxy) is 1. The number of aromatic nitrogens is 2. The Kier molecular flexibility index (Phi) is 6.12. The van der Waals surface area contributed by atoms with E-state index in [1.54, 1.807) is 24.1 Å². The van der Waals surface area contributed by atoms with Crippen molar-refractivity contribution in [3.05, 3.63) is 57.6 Å². The van der Waals surface area contributed by atoms with Crippen molar-refractivity contribution >= 4 is 23.6 Å². The van der Waals surface area contributed by atoms with Crippen molar-refractivity contribution in [1.29, 1.82) is 0 Å². The van der Waals surface area contributed by atoms with Crippen LogP contribution in [0.4, 0.5) is 4.79 Å². The summed E-state index contributed by atoms with van der Waals surface area (Å²) in [4.78, 5) is 38.0. The quantitative estimate of drug-likeness (QED) is 0.654. The van der Waals surface area contributed by atoms with Crippen molar-refractivity contribution in [2.45, 2.75) is 65.1 Å². The molecule has 0 spiro atoms. The van der Waals surface area contributed by atoms with E-state index in [0.717, 1.165) is 29.5 Å². The van der Waals surface area contributed by atoms with Crippen LogP contribution in [0, 0.1) is 6.92 Å². The number of aryl methyl sites for hydroxylation is 1. The first-order chi connectivity index (χ1) is 15.1. The van der Waals surface area contributed by atoms with Gasteiger partial charge in [0, 0.05) is 30.9 Å². The van der Waals surface area contributed by atoms with Crippen molar-refractivity contribution in [2.24, 2.45) is 0 Å². The van der Waals surface area contributed by atoms with E-state index in [0.29, 0.717) is 42.6 Å². The first-order valence-electron chi connectivity index (χ1n) is 11.0. The van der Waals surface area contributed by atoms with Gasteiger partial charge in [0.15, 0.2) is 0 Å². The van der Waals surface area contributed by atoms with Crippen molar-refractivity contribution in [2.75, 3.05) is 13.1 Å². The molecule has 0 bridgehead atoms.